The van der Waals surface area contributed by atoms with E-state index in [0.29, 0.717) is 30.2 Å². The number of amides is 3. The van der Waals surface area contributed by atoms with Gasteiger partial charge in [-0.1, -0.05) is 73.1 Å². The van der Waals surface area contributed by atoms with E-state index in [1.807, 2.05) is 63.2 Å². The second-order valence-electron chi connectivity index (χ2n) is 12.6. The molecule has 9 heteroatoms. The molecule has 3 aliphatic heterocycles. The van der Waals surface area contributed by atoms with Gasteiger partial charge in [0.25, 0.3) is 5.91 Å². The third kappa shape index (κ3) is 4.88. The van der Waals surface area contributed by atoms with Gasteiger partial charge in [0, 0.05) is 19.6 Å². The zero-order chi connectivity index (χ0) is 32.0. The zero-order valence-electron chi connectivity index (χ0n) is 25.9. The Balaban J connectivity index is 1.62. The van der Waals surface area contributed by atoms with Crippen LogP contribution in [0.4, 0.5) is 5.69 Å². The molecule has 5 rings (SSSR count). The van der Waals surface area contributed by atoms with Crippen LogP contribution >= 0.6 is 11.6 Å². The molecule has 2 bridgehead atoms. The Morgan fingerprint density at radius 1 is 1.14 bits per heavy atom. The smallest absolute Gasteiger partial charge is 0.253 e. The molecule has 0 saturated carbocycles. The molecule has 7 atom stereocenters. The number of carbonyl (C=O) groups is 3. The van der Waals surface area contributed by atoms with Crippen molar-refractivity contribution in [1.29, 1.82) is 0 Å². The topological polar surface area (TPSA) is 90.4 Å². The number of para-hydroxylation sites is 1. The number of aliphatic hydroxyl groups excluding tert-OH is 1. The van der Waals surface area contributed by atoms with E-state index in [1.54, 1.807) is 34.9 Å². The molecule has 2 aromatic carbocycles. The summed E-state index contributed by atoms with van der Waals surface area (Å²) < 4.78 is 6.93. The summed E-state index contributed by atoms with van der Waals surface area (Å²) in [6.45, 7) is 15.7. The Bertz CT molecular complexity index is 1450. The first-order valence-corrected chi connectivity index (χ1v) is 15.6. The molecule has 2 aromatic rings. The third-order valence-corrected chi connectivity index (χ3v) is 10.2. The maximum atomic E-state index is 14.9. The minimum absolute atomic E-state index is 0.127. The van der Waals surface area contributed by atoms with Gasteiger partial charge in [0.05, 0.1) is 40.8 Å². The monoisotopic (exact) mass is 619 g/mol. The summed E-state index contributed by atoms with van der Waals surface area (Å²) in [4.78, 5) is 48.7. The molecule has 0 aromatic heterocycles. The predicted molar refractivity (Wildman–Crippen MR) is 171 cm³/mol. The van der Waals surface area contributed by atoms with Crippen molar-refractivity contribution >= 4 is 35.0 Å². The number of ether oxygens (including phenoxy) is 1. The molecule has 3 amide bonds. The van der Waals surface area contributed by atoms with Gasteiger partial charge in [-0.3, -0.25) is 14.4 Å². The normalized spacial score (nSPS) is 29.3. The molecule has 3 fully saturated rings. The highest BCUT2D eigenvalue weighted by atomic mass is 35.5. The fraction of sp³-hybridized carbons (Fsp3) is 0.457. The Kier molecular flexibility index (Phi) is 8.82. The summed E-state index contributed by atoms with van der Waals surface area (Å²) >= 11 is 6.66. The van der Waals surface area contributed by atoms with Crippen molar-refractivity contribution < 1.29 is 24.2 Å². The summed E-state index contributed by atoms with van der Waals surface area (Å²) in [6.07, 6.45) is 3.71. The average molecular weight is 620 g/mol. The van der Waals surface area contributed by atoms with E-state index < -0.39 is 35.1 Å². The van der Waals surface area contributed by atoms with Gasteiger partial charge in [-0.05, 0) is 50.3 Å². The van der Waals surface area contributed by atoms with Gasteiger partial charge in [-0.2, -0.15) is 0 Å². The van der Waals surface area contributed by atoms with Crippen molar-refractivity contribution in [3.8, 4) is 0 Å². The number of aliphatic hydroxyl groups is 1. The SMILES string of the molecule is C=CCN(Cc1ccccc1)C(=O)[C@H]1[C@H]2C(=O)N([C@H](C)CO)C(C(=O)N(CC=C)c3c(C)cccc3Cl)C23CC(C)[C@]1(C)O3. The van der Waals surface area contributed by atoms with Crippen LogP contribution in [0.3, 0.4) is 0 Å². The van der Waals surface area contributed by atoms with Crippen LogP contribution in [0, 0.1) is 24.7 Å². The Hall–Kier alpha value is -3.46. The molecule has 1 spiro atoms. The molecule has 0 aliphatic carbocycles. The van der Waals surface area contributed by atoms with Gasteiger partial charge in [0.15, 0.2) is 0 Å². The lowest BCUT2D eigenvalue weighted by Gasteiger charge is -2.39. The summed E-state index contributed by atoms with van der Waals surface area (Å²) in [6, 6.07) is 13.3. The second kappa shape index (κ2) is 12.1. The van der Waals surface area contributed by atoms with E-state index in [9.17, 15) is 19.5 Å². The van der Waals surface area contributed by atoms with E-state index in [4.69, 9.17) is 16.3 Å². The van der Waals surface area contributed by atoms with Gasteiger partial charge in [-0.15, -0.1) is 13.2 Å². The highest BCUT2D eigenvalue weighted by Crippen LogP contribution is 2.66. The first-order chi connectivity index (χ1) is 21.0. The minimum atomic E-state index is -1.27. The van der Waals surface area contributed by atoms with E-state index in [2.05, 4.69) is 13.2 Å². The molecule has 3 heterocycles. The Labute approximate surface area is 264 Å². The predicted octanol–water partition coefficient (Wildman–Crippen LogP) is 4.77. The van der Waals surface area contributed by atoms with Crippen molar-refractivity contribution in [2.75, 3.05) is 24.6 Å². The lowest BCUT2D eigenvalue weighted by Crippen LogP contribution is -2.59. The van der Waals surface area contributed by atoms with Crippen molar-refractivity contribution in [3.63, 3.8) is 0 Å². The van der Waals surface area contributed by atoms with Gasteiger partial charge < -0.3 is 24.5 Å². The number of hydrogen-bond donors (Lipinski definition) is 1. The molecule has 44 heavy (non-hydrogen) atoms. The molecule has 3 saturated heterocycles. The van der Waals surface area contributed by atoms with Gasteiger partial charge in [-0.25, -0.2) is 0 Å². The fourth-order valence-electron chi connectivity index (χ4n) is 7.82. The summed E-state index contributed by atoms with van der Waals surface area (Å²) in [5.41, 5.74) is 0.0229. The first-order valence-electron chi connectivity index (χ1n) is 15.2. The number of hydrogen-bond acceptors (Lipinski definition) is 5. The number of anilines is 1. The molecule has 3 aliphatic rings. The molecule has 0 radical (unpaired) electrons. The molecular formula is C35H42ClN3O5. The maximum absolute atomic E-state index is 14.9. The van der Waals surface area contributed by atoms with Gasteiger partial charge in [0.2, 0.25) is 11.8 Å². The zero-order valence-corrected chi connectivity index (χ0v) is 26.7. The number of aryl methyl sites for hydroxylation is 1. The quantitative estimate of drug-likeness (QED) is 0.366. The van der Waals surface area contributed by atoms with Crippen LogP contribution in [0.1, 0.15) is 38.3 Å². The Morgan fingerprint density at radius 3 is 2.43 bits per heavy atom. The second-order valence-corrected chi connectivity index (χ2v) is 13.0. The molecule has 234 valence electrons. The van der Waals surface area contributed by atoms with E-state index in [0.717, 1.165) is 11.1 Å². The van der Waals surface area contributed by atoms with Crippen molar-refractivity contribution in [2.24, 2.45) is 17.8 Å². The highest BCUT2D eigenvalue weighted by molar-refractivity contribution is 6.34. The fourth-order valence-corrected chi connectivity index (χ4v) is 8.14. The van der Waals surface area contributed by atoms with E-state index >= 15 is 0 Å². The minimum Gasteiger partial charge on any atom is -0.394 e. The number of rotatable bonds is 11. The van der Waals surface area contributed by atoms with Crippen molar-refractivity contribution in [2.45, 2.75) is 63.9 Å². The summed E-state index contributed by atoms with van der Waals surface area (Å²) in [5.74, 6) is -2.81. The van der Waals surface area contributed by atoms with E-state index in [1.165, 1.54) is 4.90 Å². The third-order valence-electron chi connectivity index (χ3n) is 9.91. The number of fused-ring (bicyclic) bond motifs is 1. The largest absolute Gasteiger partial charge is 0.394 e. The van der Waals surface area contributed by atoms with Crippen LogP contribution in [0.5, 0.6) is 0 Å². The molecule has 1 N–H and O–H groups in total. The number of benzene rings is 2. The van der Waals surface area contributed by atoms with Crippen LogP contribution in [0.15, 0.2) is 73.8 Å². The molecule has 3 unspecified atom stereocenters. The lowest BCUT2D eigenvalue weighted by molar-refractivity contribution is -0.153. The lowest BCUT2D eigenvalue weighted by atomic mass is 9.62. The highest BCUT2D eigenvalue weighted by Gasteiger charge is 2.80. The maximum Gasteiger partial charge on any atom is 0.253 e. The van der Waals surface area contributed by atoms with Gasteiger partial charge >= 0.3 is 0 Å². The standard InChI is InChI=1S/C35H42ClN3O5/c1-7-17-37(20-25-14-10-9-11-15-25)31(41)27-28-32(42)39(24(5)21-40)30(35(28)19-23(4)34(27,6)44-35)33(43)38(18-8-2)29-22(3)13-12-16-26(29)36/h7-16,23-24,27-28,30,40H,1-2,17-21H2,3-6H3/t23?,24-,27-,28+,30?,34+,35?/m1/s1. The van der Waals surface area contributed by atoms with Crippen LogP contribution in [-0.2, 0) is 25.7 Å². The van der Waals surface area contributed by atoms with Crippen molar-refractivity contribution in [1.82, 2.24) is 9.80 Å². The number of carbonyl (C=O) groups excluding carboxylic acids is 3. The molecule has 8 nitrogen and oxygen atoms in total. The summed E-state index contributed by atoms with van der Waals surface area (Å²) in [5, 5.41) is 10.7. The average Bonchev–Trinajstić information content (AvgIpc) is 3.52. The first kappa shape index (κ1) is 31.9. The number of likely N-dealkylation sites (tertiary alicyclic amines) is 1. The summed E-state index contributed by atoms with van der Waals surface area (Å²) in [7, 11) is 0. The number of halogens is 1. The number of nitrogens with zero attached hydrogens (tertiary/aromatic N) is 3. The molecular weight excluding hydrogens is 578 g/mol. The van der Waals surface area contributed by atoms with Crippen LogP contribution in [0.2, 0.25) is 5.02 Å². The van der Waals surface area contributed by atoms with Crippen LogP contribution in [0.25, 0.3) is 0 Å². The van der Waals surface area contributed by atoms with E-state index in [-0.39, 0.29) is 36.8 Å². The van der Waals surface area contributed by atoms with Crippen LogP contribution in [-0.4, -0.2) is 75.6 Å². The van der Waals surface area contributed by atoms with Crippen LogP contribution < -0.4 is 4.90 Å². The van der Waals surface area contributed by atoms with Gasteiger partial charge in [0.1, 0.15) is 11.6 Å². The van der Waals surface area contributed by atoms with Crippen molar-refractivity contribution in [3.05, 3.63) is 90.0 Å². The Morgan fingerprint density at radius 2 is 1.82 bits per heavy atom.